The monoisotopic (exact) mass is 557 g/mol. The number of hydrogen-bond donors (Lipinski definition) is 1. The Kier molecular flexibility index (Phi) is 8.98. The summed E-state index contributed by atoms with van der Waals surface area (Å²) < 4.78 is 27.7. The fourth-order valence-corrected chi connectivity index (χ4v) is 5.32. The smallest absolute Gasteiger partial charge is 0.255 e. The molecule has 178 valence electrons. The number of halogens is 4. The number of hydrazone groups is 1. The minimum absolute atomic E-state index is 0.0282. The van der Waals surface area contributed by atoms with Gasteiger partial charge in [-0.15, -0.1) is 0 Å². The second-order valence-electron chi connectivity index (χ2n) is 7.21. The lowest BCUT2D eigenvalue weighted by Crippen LogP contribution is -2.39. The van der Waals surface area contributed by atoms with Gasteiger partial charge in [0.2, 0.25) is 10.0 Å². The zero-order valence-corrected chi connectivity index (χ0v) is 21.6. The number of sulfonamides is 1. The third kappa shape index (κ3) is 6.50. The quantitative estimate of drug-likeness (QED) is 0.274. The van der Waals surface area contributed by atoms with Crippen LogP contribution in [0.5, 0.6) is 0 Å². The van der Waals surface area contributed by atoms with Crippen LogP contribution in [0, 0.1) is 6.92 Å². The van der Waals surface area contributed by atoms with Crippen molar-refractivity contribution in [1.29, 1.82) is 0 Å². The van der Waals surface area contributed by atoms with Crippen LogP contribution in [0.15, 0.2) is 70.7 Å². The molecule has 0 aromatic heterocycles. The number of nitrogens with one attached hydrogen (secondary N) is 1. The number of carbonyl (C=O) groups is 1. The normalized spacial score (nSPS) is 11.8. The standard InChI is InChI=1S/C23H19Cl4N3O3S/c1-15-8-10-16(11-9-15)34(32,33)30(13-18-21(26)6-3-7-22(18)27)14-23(31)29-28-12-17-19(24)4-2-5-20(17)25/h2-12H,13-14H2,1H3,(H,29,31)/b28-12-. The summed E-state index contributed by atoms with van der Waals surface area (Å²) >= 11 is 24.7. The third-order valence-electron chi connectivity index (χ3n) is 4.76. The fourth-order valence-electron chi connectivity index (χ4n) is 2.94. The first-order valence-corrected chi connectivity index (χ1v) is 12.8. The van der Waals surface area contributed by atoms with Crippen LogP contribution in [0.3, 0.4) is 0 Å². The van der Waals surface area contributed by atoms with Gasteiger partial charge in [0, 0.05) is 27.7 Å². The first-order chi connectivity index (χ1) is 16.1. The molecule has 0 unspecified atom stereocenters. The first kappa shape index (κ1) is 26.5. The molecule has 0 heterocycles. The molecule has 0 aliphatic rings. The van der Waals surface area contributed by atoms with Gasteiger partial charge in [-0.1, -0.05) is 76.2 Å². The zero-order valence-electron chi connectivity index (χ0n) is 17.8. The van der Waals surface area contributed by atoms with Gasteiger partial charge in [0.1, 0.15) is 0 Å². The molecule has 0 aliphatic heterocycles. The number of carbonyl (C=O) groups excluding carboxylic acids is 1. The first-order valence-electron chi connectivity index (χ1n) is 9.85. The van der Waals surface area contributed by atoms with E-state index in [1.54, 1.807) is 48.5 Å². The third-order valence-corrected chi connectivity index (χ3v) is 7.93. The lowest BCUT2D eigenvalue weighted by atomic mass is 10.2. The molecule has 3 rings (SSSR count). The molecule has 11 heteroatoms. The Morgan fingerprint density at radius 2 is 1.44 bits per heavy atom. The van der Waals surface area contributed by atoms with E-state index in [-0.39, 0.29) is 21.5 Å². The Hall–Kier alpha value is -2.13. The lowest BCUT2D eigenvalue weighted by molar-refractivity contribution is -0.121. The Balaban J connectivity index is 1.86. The topological polar surface area (TPSA) is 78.8 Å². The maximum absolute atomic E-state index is 13.4. The molecule has 0 spiro atoms. The van der Waals surface area contributed by atoms with Crippen LogP contribution in [0.25, 0.3) is 0 Å². The molecule has 0 bridgehead atoms. The van der Waals surface area contributed by atoms with Gasteiger partial charge in [-0.2, -0.15) is 9.41 Å². The molecule has 0 aliphatic carbocycles. The van der Waals surface area contributed by atoms with E-state index in [1.165, 1.54) is 18.3 Å². The Morgan fingerprint density at radius 1 is 0.912 bits per heavy atom. The summed E-state index contributed by atoms with van der Waals surface area (Å²) in [7, 11) is -4.07. The molecule has 0 fully saturated rings. The second-order valence-corrected chi connectivity index (χ2v) is 10.8. The molecule has 6 nitrogen and oxygen atoms in total. The predicted octanol–water partition coefficient (Wildman–Crippen LogP) is 5.95. The number of amides is 1. The van der Waals surface area contributed by atoms with Crippen LogP contribution in [0.2, 0.25) is 20.1 Å². The van der Waals surface area contributed by atoms with Gasteiger partial charge in [-0.05, 0) is 43.3 Å². The number of nitrogens with zero attached hydrogens (tertiary/aromatic N) is 2. The molecule has 1 N–H and O–H groups in total. The SMILES string of the molecule is Cc1ccc(S(=O)(=O)N(CC(=O)N/N=C\c2c(Cl)cccc2Cl)Cc2c(Cl)cccc2Cl)cc1. The van der Waals surface area contributed by atoms with E-state index in [0.717, 1.165) is 9.87 Å². The average molecular weight is 559 g/mol. The Morgan fingerprint density at radius 3 is 2.00 bits per heavy atom. The van der Waals surface area contributed by atoms with Crippen LogP contribution < -0.4 is 5.43 Å². The van der Waals surface area contributed by atoms with Gasteiger partial charge < -0.3 is 0 Å². The van der Waals surface area contributed by atoms with E-state index in [2.05, 4.69) is 10.5 Å². The van der Waals surface area contributed by atoms with Gasteiger partial charge >= 0.3 is 0 Å². The predicted molar refractivity (Wildman–Crippen MR) is 137 cm³/mol. The molecule has 0 atom stereocenters. The molecule has 34 heavy (non-hydrogen) atoms. The van der Waals surface area contributed by atoms with Crippen LogP contribution in [0.4, 0.5) is 0 Å². The molecular formula is C23H19Cl4N3O3S. The van der Waals surface area contributed by atoms with Crippen LogP contribution in [0.1, 0.15) is 16.7 Å². The summed E-state index contributed by atoms with van der Waals surface area (Å²) in [5.41, 5.74) is 3.99. The number of benzene rings is 3. The van der Waals surface area contributed by atoms with Crippen LogP contribution in [-0.2, 0) is 21.4 Å². The van der Waals surface area contributed by atoms with E-state index in [1.807, 2.05) is 6.92 Å². The van der Waals surface area contributed by atoms with E-state index >= 15 is 0 Å². The van der Waals surface area contributed by atoms with Crippen molar-refractivity contribution >= 4 is 68.5 Å². The van der Waals surface area contributed by atoms with Gasteiger partial charge in [0.25, 0.3) is 5.91 Å². The van der Waals surface area contributed by atoms with Crippen molar-refractivity contribution < 1.29 is 13.2 Å². The highest BCUT2D eigenvalue weighted by Gasteiger charge is 2.28. The Bertz CT molecular complexity index is 1290. The average Bonchev–Trinajstić information content (AvgIpc) is 2.78. The van der Waals surface area contributed by atoms with Crippen molar-refractivity contribution in [2.75, 3.05) is 6.54 Å². The molecule has 1 amide bonds. The highest BCUT2D eigenvalue weighted by molar-refractivity contribution is 7.89. The maximum Gasteiger partial charge on any atom is 0.255 e. The summed E-state index contributed by atoms with van der Waals surface area (Å²) in [5, 5.41) is 5.12. The largest absolute Gasteiger partial charge is 0.272 e. The Labute approximate surface area is 218 Å². The van der Waals surface area contributed by atoms with Crippen molar-refractivity contribution in [3.8, 4) is 0 Å². The molecule has 0 saturated carbocycles. The van der Waals surface area contributed by atoms with E-state index < -0.39 is 22.5 Å². The van der Waals surface area contributed by atoms with E-state index in [0.29, 0.717) is 21.2 Å². The minimum atomic E-state index is -4.07. The summed E-state index contributed by atoms with van der Waals surface area (Å²) in [6, 6.07) is 16.1. The van der Waals surface area contributed by atoms with Gasteiger partial charge in [0.05, 0.1) is 27.7 Å². The zero-order chi connectivity index (χ0) is 24.9. The maximum atomic E-state index is 13.4. The molecule has 0 radical (unpaired) electrons. The number of aryl methyl sites for hydroxylation is 1. The number of rotatable bonds is 8. The van der Waals surface area contributed by atoms with E-state index in [4.69, 9.17) is 46.4 Å². The highest BCUT2D eigenvalue weighted by Crippen LogP contribution is 2.28. The molecule has 3 aromatic rings. The fraction of sp³-hybridized carbons (Fsp3) is 0.130. The van der Waals surface area contributed by atoms with Crippen molar-refractivity contribution in [3.05, 3.63) is 97.4 Å². The van der Waals surface area contributed by atoms with Crippen molar-refractivity contribution in [3.63, 3.8) is 0 Å². The van der Waals surface area contributed by atoms with Gasteiger partial charge in [-0.3, -0.25) is 4.79 Å². The van der Waals surface area contributed by atoms with Crippen LogP contribution >= 0.6 is 46.4 Å². The minimum Gasteiger partial charge on any atom is -0.272 e. The number of hydrogen-bond acceptors (Lipinski definition) is 4. The van der Waals surface area contributed by atoms with Crippen molar-refractivity contribution in [1.82, 2.24) is 9.73 Å². The van der Waals surface area contributed by atoms with E-state index in [9.17, 15) is 13.2 Å². The highest BCUT2D eigenvalue weighted by atomic mass is 35.5. The van der Waals surface area contributed by atoms with Crippen LogP contribution in [-0.4, -0.2) is 31.4 Å². The lowest BCUT2D eigenvalue weighted by Gasteiger charge is -2.22. The van der Waals surface area contributed by atoms with Gasteiger partial charge in [-0.25, -0.2) is 13.8 Å². The summed E-state index contributed by atoms with van der Waals surface area (Å²) in [5.74, 6) is -0.682. The van der Waals surface area contributed by atoms with Gasteiger partial charge in [0.15, 0.2) is 0 Å². The summed E-state index contributed by atoms with van der Waals surface area (Å²) in [6.07, 6.45) is 1.28. The van der Waals surface area contributed by atoms with Crippen molar-refractivity contribution in [2.45, 2.75) is 18.4 Å². The molecule has 0 saturated heterocycles. The summed E-state index contributed by atoms with van der Waals surface area (Å²) in [6.45, 7) is 1.09. The van der Waals surface area contributed by atoms with Crippen molar-refractivity contribution in [2.24, 2.45) is 5.10 Å². The second kappa shape index (κ2) is 11.5. The summed E-state index contributed by atoms with van der Waals surface area (Å²) in [4.78, 5) is 12.7. The molecule has 3 aromatic carbocycles. The molecular weight excluding hydrogens is 540 g/mol.